The molecule has 2 aromatic rings. The van der Waals surface area contributed by atoms with Crippen molar-refractivity contribution in [2.75, 3.05) is 0 Å². The molecule has 19 heavy (non-hydrogen) atoms. The highest BCUT2D eigenvalue weighted by Crippen LogP contribution is 2.23. The molecule has 0 amide bonds. The predicted octanol–water partition coefficient (Wildman–Crippen LogP) is 4.81. The van der Waals surface area contributed by atoms with Crippen molar-refractivity contribution in [3.63, 3.8) is 0 Å². The summed E-state index contributed by atoms with van der Waals surface area (Å²) in [7, 11) is 0. The van der Waals surface area contributed by atoms with Crippen molar-refractivity contribution in [2.45, 2.75) is 6.42 Å². The van der Waals surface area contributed by atoms with Crippen molar-refractivity contribution in [3.05, 3.63) is 68.7 Å². The summed E-state index contributed by atoms with van der Waals surface area (Å²) in [6.45, 7) is 0. The molecule has 0 saturated heterocycles. The van der Waals surface area contributed by atoms with Gasteiger partial charge in [0.15, 0.2) is 5.78 Å². The van der Waals surface area contributed by atoms with Gasteiger partial charge in [0.25, 0.3) is 0 Å². The zero-order valence-electron chi connectivity index (χ0n) is 9.59. The number of ketones is 1. The Bertz CT molecular complexity index is 643. The second kappa shape index (κ2) is 5.80. The van der Waals surface area contributed by atoms with Crippen LogP contribution in [0.25, 0.3) is 0 Å². The van der Waals surface area contributed by atoms with Crippen LogP contribution in [0.15, 0.2) is 40.9 Å². The molecule has 0 aliphatic carbocycles. The summed E-state index contributed by atoms with van der Waals surface area (Å²) in [6, 6.07) is 8.30. The molecular formula is C14H8BrClF2O. The van der Waals surface area contributed by atoms with E-state index in [1.165, 1.54) is 30.3 Å². The molecule has 0 aliphatic rings. The van der Waals surface area contributed by atoms with E-state index in [0.29, 0.717) is 10.0 Å². The lowest BCUT2D eigenvalue weighted by atomic mass is 10.0. The van der Waals surface area contributed by atoms with E-state index < -0.39 is 17.4 Å². The fraction of sp³-hybridized carbons (Fsp3) is 0.0714. The topological polar surface area (TPSA) is 17.1 Å². The van der Waals surface area contributed by atoms with E-state index in [4.69, 9.17) is 11.6 Å². The highest BCUT2D eigenvalue weighted by atomic mass is 79.9. The predicted molar refractivity (Wildman–Crippen MR) is 73.5 cm³/mol. The van der Waals surface area contributed by atoms with Gasteiger partial charge in [0.05, 0.1) is 10.6 Å². The van der Waals surface area contributed by atoms with Crippen molar-refractivity contribution < 1.29 is 13.6 Å². The largest absolute Gasteiger partial charge is 0.294 e. The van der Waals surface area contributed by atoms with Gasteiger partial charge in [0.2, 0.25) is 0 Å². The van der Waals surface area contributed by atoms with Crippen molar-refractivity contribution in [2.24, 2.45) is 0 Å². The highest BCUT2D eigenvalue weighted by molar-refractivity contribution is 9.10. The van der Waals surface area contributed by atoms with Gasteiger partial charge in [-0.1, -0.05) is 39.7 Å². The van der Waals surface area contributed by atoms with Crippen LogP contribution in [0.3, 0.4) is 0 Å². The minimum absolute atomic E-state index is 0.0466. The molecule has 0 unspecified atom stereocenters. The summed E-state index contributed by atoms with van der Waals surface area (Å²) in [5.74, 6) is -1.66. The quantitative estimate of drug-likeness (QED) is 0.730. The van der Waals surface area contributed by atoms with Crippen molar-refractivity contribution >= 4 is 33.3 Å². The molecule has 0 aliphatic heterocycles. The minimum Gasteiger partial charge on any atom is -0.294 e. The Morgan fingerprint density at radius 3 is 2.63 bits per heavy atom. The molecule has 0 spiro atoms. The second-order valence-electron chi connectivity index (χ2n) is 3.94. The molecule has 0 atom stereocenters. The lowest BCUT2D eigenvalue weighted by Gasteiger charge is -2.06. The number of Topliss-reactive ketones (excluding diaryl/α,β-unsaturated/α-hetero) is 1. The zero-order valence-corrected chi connectivity index (χ0v) is 11.9. The van der Waals surface area contributed by atoms with Crippen LogP contribution in [0, 0.1) is 11.6 Å². The van der Waals surface area contributed by atoms with Gasteiger partial charge in [0, 0.05) is 10.9 Å². The number of hydrogen-bond acceptors (Lipinski definition) is 1. The third kappa shape index (κ3) is 3.19. The monoisotopic (exact) mass is 344 g/mol. The first-order valence-electron chi connectivity index (χ1n) is 5.40. The lowest BCUT2D eigenvalue weighted by molar-refractivity contribution is 0.0989. The number of halogens is 4. The van der Waals surface area contributed by atoms with Crippen LogP contribution >= 0.6 is 27.5 Å². The van der Waals surface area contributed by atoms with E-state index in [-0.39, 0.29) is 17.0 Å². The van der Waals surface area contributed by atoms with Crippen LogP contribution in [0.4, 0.5) is 8.78 Å². The standard InChI is InChI=1S/C14H8BrClF2O/c15-9-4-5-11(17)10(7-9)13(19)6-8-2-1-3-12(18)14(8)16/h1-5,7H,6H2. The maximum Gasteiger partial charge on any atom is 0.170 e. The van der Waals surface area contributed by atoms with Gasteiger partial charge in [-0.15, -0.1) is 0 Å². The Balaban J connectivity index is 2.31. The molecule has 0 aromatic heterocycles. The summed E-state index contributed by atoms with van der Waals surface area (Å²) in [4.78, 5) is 12.0. The minimum atomic E-state index is -0.610. The third-order valence-electron chi connectivity index (χ3n) is 2.61. The Morgan fingerprint density at radius 1 is 1.16 bits per heavy atom. The summed E-state index contributed by atoms with van der Waals surface area (Å²) in [5.41, 5.74) is 0.292. The normalized spacial score (nSPS) is 10.5. The summed E-state index contributed by atoms with van der Waals surface area (Å²) < 4.78 is 27.4. The average Bonchev–Trinajstić information content (AvgIpc) is 2.38. The van der Waals surface area contributed by atoms with E-state index in [9.17, 15) is 13.6 Å². The molecule has 2 aromatic carbocycles. The molecule has 0 saturated carbocycles. The second-order valence-corrected chi connectivity index (χ2v) is 5.23. The van der Waals surface area contributed by atoms with Crippen molar-refractivity contribution in [1.29, 1.82) is 0 Å². The summed E-state index contributed by atoms with van der Waals surface area (Å²) in [5, 5.41) is -0.105. The first kappa shape index (κ1) is 14.2. The van der Waals surface area contributed by atoms with Crippen LogP contribution in [-0.2, 0) is 6.42 Å². The molecule has 0 bridgehead atoms. The molecule has 0 heterocycles. The molecule has 1 nitrogen and oxygen atoms in total. The molecule has 0 fully saturated rings. The van der Waals surface area contributed by atoms with Gasteiger partial charge in [-0.25, -0.2) is 8.78 Å². The Labute approximate surface area is 122 Å². The Morgan fingerprint density at radius 2 is 1.89 bits per heavy atom. The van der Waals surface area contributed by atoms with Gasteiger partial charge in [-0.3, -0.25) is 4.79 Å². The fourth-order valence-corrected chi connectivity index (χ4v) is 2.22. The van der Waals surface area contributed by atoms with E-state index in [0.717, 1.165) is 0 Å². The maximum absolute atomic E-state index is 13.6. The Hall–Kier alpha value is -1.26. The lowest BCUT2D eigenvalue weighted by Crippen LogP contribution is -2.07. The van der Waals surface area contributed by atoms with E-state index in [1.807, 2.05) is 0 Å². The van der Waals surface area contributed by atoms with E-state index in [2.05, 4.69) is 15.9 Å². The highest BCUT2D eigenvalue weighted by Gasteiger charge is 2.15. The van der Waals surface area contributed by atoms with Gasteiger partial charge in [-0.05, 0) is 29.8 Å². The number of carbonyl (C=O) groups is 1. The fourth-order valence-electron chi connectivity index (χ4n) is 1.66. The first-order chi connectivity index (χ1) is 8.99. The molecule has 0 N–H and O–H groups in total. The Kier molecular flexibility index (Phi) is 4.32. The number of rotatable bonds is 3. The number of hydrogen-bond donors (Lipinski definition) is 0. The summed E-state index contributed by atoms with van der Waals surface area (Å²) >= 11 is 8.94. The zero-order chi connectivity index (χ0) is 14.0. The van der Waals surface area contributed by atoms with Crippen LogP contribution in [0.1, 0.15) is 15.9 Å². The smallest absolute Gasteiger partial charge is 0.170 e. The molecule has 98 valence electrons. The number of carbonyl (C=O) groups excluding carboxylic acids is 1. The number of benzene rings is 2. The first-order valence-corrected chi connectivity index (χ1v) is 6.57. The SMILES string of the molecule is O=C(Cc1cccc(F)c1Cl)c1cc(Br)ccc1F. The maximum atomic E-state index is 13.6. The van der Waals surface area contributed by atoms with E-state index >= 15 is 0 Å². The van der Waals surface area contributed by atoms with Gasteiger partial charge in [0.1, 0.15) is 11.6 Å². The van der Waals surface area contributed by atoms with Crippen LogP contribution in [0.5, 0.6) is 0 Å². The molecule has 2 rings (SSSR count). The van der Waals surface area contributed by atoms with Crippen LogP contribution in [0.2, 0.25) is 5.02 Å². The van der Waals surface area contributed by atoms with Crippen LogP contribution in [-0.4, -0.2) is 5.78 Å². The van der Waals surface area contributed by atoms with Gasteiger partial charge in [-0.2, -0.15) is 0 Å². The van der Waals surface area contributed by atoms with Crippen molar-refractivity contribution in [1.82, 2.24) is 0 Å². The molecular weight excluding hydrogens is 338 g/mol. The van der Waals surface area contributed by atoms with Crippen molar-refractivity contribution in [3.8, 4) is 0 Å². The average molecular weight is 346 g/mol. The molecule has 0 radical (unpaired) electrons. The van der Waals surface area contributed by atoms with Crippen LogP contribution < -0.4 is 0 Å². The summed E-state index contributed by atoms with van der Waals surface area (Å²) in [6.07, 6.45) is -0.149. The van der Waals surface area contributed by atoms with Gasteiger partial charge < -0.3 is 0 Å². The van der Waals surface area contributed by atoms with E-state index in [1.54, 1.807) is 6.07 Å². The molecule has 5 heteroatoms. The third-order valence-corrected chi connectivity index (χ3v) is 3.53. The van der Waals surface area contributed by atoms with Gasteiger partial charge >= 0.3 is 0 Å².